The summed E-state index contributed by atoms with van der Waals surface area (Å²) >= 11 is 0. The molecule has 0 radical (unpaired) electrons. The van der Waals surface area contributed by atoms with Gasteiger partial charge in [0.05, 0.1) is 12.2 Å². The average Bonchev–Trinajstić information content (AvgIpc) is 2.98. The molecule has 2 aromatic rings. The molecule has 0 amide bonds. The van der Waals surface area contributed by atoms with Gasteiger partial charge >= 0.3 is 0 Å². The van der Waals surface area contributed by atoms with Crippen molar-refractivity contribution in [2.45, 2.75) is 26.2 Å². The zero-order valence-electron chi connectivity index (χ0n) is 11.8. The lowest BCUT2D eigenvalue weighted by Crippen LogP contribution is -2.06. The summed E-state index contributed by atoms with van der Waals surface area (Å²) in [6, 6.07) is 13.0. The molecule has 2 rings (SSSR count). The quantitative estimate of drug-likeness (QED) is 0.610. The minimum Gasteiger partial charge on any atom is -0.468 e. The monoisotopic (exact) mass is 266 g/mol. The number of hydrogen-bond acceptors (Lipinski definition) is 2. The Morgan fingerprint density at radius 2 is 1.85 bits per heavy atom. The van der Waals surface area contributed by atoms with E-state index in [9.17, 15) is 4.79 Å². The number of benzene rings is 1. The topological polar surface area (TPSA) is 30.2 Å². The minimum absolute atomic E-state index is 0.0880. The molecule has 0 aliphatic heterocycles. The van der Waals surface area contributed by atoms with Gasteiger partial charge in [0.2, 0.25) is 0 Å². The zero-order valence-corrected chi connectivity index (χ0v) is 11.8. The van der Waals surface area contributed by atoms with Crippen LogP contribution in [0.15, 0.2) is 53.1 Å². The molecule has 0 aliphatic carbocycles. The van der Waals surface area contributed by atoms with Crippen molar-refractivity contribution < 1.29 is 9.21 Å². The average molecular weight is 266 g/mol. The summed E-state index contributed by atoms with van der Waals surface area (Å²) in [7, 11) is 0. The van der Waals surface area contributed by atoms with E-state index >= 15 is 0 Å². The molecule has 0 N–H and O–H groups in total. The molecule has 0 aliphatic rings. The summed E-state index contributed by atoms with van der Waals surface area (Å²) in [5, 5.41) is 0. The molecule has 1 aromatic heterocycles. The summed E-state index contributed by atoms with van der Waals surface area (Å²) in [5.41, 5.74) is 0.718. The lowest BCUT2D eigenvalue weighted by molar-refractivity contribution is 0.0977. The van der Waals surface area contributed by atoms with Crippen LogP contribution in [0.4, 0.5) is 0 Å². The third kappa shape index (κ3) is 3.86. The Labute approximate surface area is 119 Å². The second-order valence-electron chi connectivity index (χ2n) is 5.00. The van der Waals surface area contributed by atoms with E-state index in [4.69, 9.17) is 4.42 Å². The van der Waals surface area contributed by atoms with Gasteiger partial charge in [0.15, 0.2) is 5.78 Å². The lowest BCUT2D eigenvalue weighted by Gasteiger charge is -2.07. The van der Waals surface area contributed by atoms with Gasteiger partial charge in [-0.1, -0.05) is 56.0 Å². The van der Waals surface area contributed by atoms with Crippen LogP contribution in [-0.2, 0) is 0 Å². The Morgan fingerprint density at radius 3 is 2.45 bits per heavy atom. The number of carbonyl (C=O) groups is 1. The maximum Gasteiger partial charge on any atom is 0.164 e. The van der Waals surface area contributed by atoms with E-state index in [0.29, 0.717) is 6.42 Å². The van der Waals surface area contributed by atoms with Gasteiger partial charge in [-0.25, -0.2) is 0 Å². The lowest BCUT2D eigenvalue weighted by atomic mass is 9.96. The fraction of sp³-hybridized carbons (Fsp3) is 0.278. The molecule has 2 heteroatoms. The Hall–Kier alpha value is -2.27. The van der Waals surface area contributed by atoms with E-state index in [1.807, 2.05) is 56.3 Å². The largest absolute Gasteiger partial charge is 0.468 e. The Kier molecular flexibility index (Phi) is 4.79. The normalized spacial score (nSPS) is 11.8. The van der Waals surface area contributed by atoms with Crippen LogP contribution in [0.5, 0.6) is 0 Å². The first-order valence-corrected chi connectivity index (χ1v) is 6.79. The van der Waals surface area contributed by atoms with Crippen LogP contribution < -0.4 is 0 Å². The molecule has 1 heterocycles. The molecule has 0 bridgehead atoms. The van der Waals surface area contributed by atoms with Crippen LogP contribution in [0.25, 0.3) is 0 Å². The molecule has 0 saturated carbocycles. The van der Waals surface area contributed by atoms with Gasteiger partial charge in [0, 0.05) is 17.9 Å². The van der Waals surface area contributed by atoms with Crippen LogP contribution in [0, 0.1) is 17.8 Å². The van der Waals surface area contributed by atoms with Crippen LogP contribution in [-0.4, -0.2) is 5.78 Å². The van der Waals surface area contributed by atoms with Crippen molar-refractivity contribution in [1.29, 1.82) is 0 Å². The van der Waals surface area contributed by atoms with Crippen molar-refractivity contribution in [1.82, 2.24) is 0 Å². The van der Waals surface area contributed by atoms with Gasteiger partial charge in [0.25, 0.3) is 0 Å². The number of ketones is 1. The molecule has 1 atom stereocenters. The second-order valence-corrected chi connectivity index (χ2v) is 5.00. The molecule has 102 valence electrons. The van der Waals surface area contributed by atoms with Crippen LogP contribution in [0.1, 0.15) is 42.3 Å². The highest BCUT2D eigenvalue weighted by Gasteiger charge is 2.17. The molecule has 0 fully saturated rings. The Morgan fingerprint density at radius 1 is 1.10 bits per heavy atom. The van der Waals surface area contributed by atoms with Crippen molar-refractivity contribution >= 4 is 5.78 Å². The van der Waals surface area contributed by atoms with Gasteiger partial charge in [-0.2, -0.15) is 0 Å². The van der Waals surface area contributed by atoms with Gasteiger partial charge in [-0.05, 0) is 12.1 Å². The zero-order chi connectivity index (χ0) is 14.4. The standard InChI is InChI=1S/C18H18O2/c1-14(2)10-11-16(18-9-6-12-20-18)13-17(19)15-7-4-3-5-8-15/h3-9,12,14,16H,13H2,1-2H3/t16-/m1/s1. The van der Waals surface area contributed by atoms with Crippen molar-refractivity contribution in [3.8, 4) is 11.8 Å². The predicted molar refractivity (Wildman–Crippen MR) is 79.5 cm³/mol. The summed E-state index contributed by atoms with van der Waals surface area (Å²) in [6.07, 6.45) is 1.96. The molecular formula is C18H18O2. The fourth-order valence-corrected chi connectivity index (χ4v) is 1.91. The molecule has 1 aromatic carbocycles. The minimum atomic E-state index is -0.180. The van der Waals surface area contributed by atoms with Crippen LogP contribution >= 0.6 is 0 Å². The van der Waals surface area contributed by atoms with Gasteiger partial charge in [0.1, 0.15) is 5.76 Å². The Bertz CT molecular complexity index is 598. The van der Waals surface area contributed by atoms with Crippen molar-refractivity contribution in [2.75, 3.05) is 0 Å². The molecular weight excluding hydrogens is 248 g/mol. The highest BCUT2D eigenvalue weighted by molar-refractivity contribution is 5.96. The maximum absolute atomic E-state index is 12.3. The highest BCUT2D eigenvalue weighted by atomic mass is 16.3. The maximum atomic E-state index is 12.3. The first-order chi connectivity index (χ1) is 9.66. The molecule has 0 unspecified atom stereocenters. The van der Waals surface area contributed by atoms with E-state index in [0.717, 1.165) is 11.3 Å². The van der Waals surface area contributed by atoms with Crippen molar-refractivity contribution in [3.05, 3.63) is 60.1 Å². The van der Waals surface area contributed by atoms with E-state index in [1.165, 1.54) is 0 Å². The van der Waals surface area contributed by atoms with E-state index in [2.05, 4.69) is 11.8 Å². The third-order valence-electron chi connectivity index (χ3n) is 2.92. The number of furan rings is 1. The third-order valence-corrected chi connectivity index (χ3v) is 2.92. The van der Waals surface area contributed by atoms with Crippen LogP contribution in [0.2, 0.25) is 0 Å². The summed E-state index contributed by atoms with van der Waals surface area (Å²) in [6.45, 7) is 4.07. The first kappa shape index (κ1) is 14.1. The van der Waals surface area contributed by atoms with E-state index in [-0.39, 0.29) is 17.6 Å². The number of rotatable bonds is 4. The van der Waals surface area contributed by atoms with Crippen LogP contribution in [0.3, 0.4) is 0 Å². The SMILES string of the molecule is CC(C)C#C[C@H](CC(=O)c1ccccc1)c1ccco1. The molecule has 2 nitrogen and oxygen atoms in total. The van der Waals surface area contributed by atoms with Gasteiger partial charge < -0.3 is 4.42 Å². The highest BCUT2D eigenvalue weighted by Crippen LogP contribution is 2.22. The number of Topliss-reactive ketones (excluding diaryl/α,β-unsaturated/α-hetero) is 1. The van der Waals surface area contributed by atoms with Gasteiger partial charge in [-0.15, -0.1) is 0 Å². The Balaban J connectivity index is 2.17. The second kappa shape index (κ2) is 6.77. The summed E-state index contributed by atoms with van der Waals surface area (Å²) < 4.78 is 5.41. The van der Waals surface area contributed by atoms with Gasteiger partial charge in [-0.3, -0.25) is 4.79 Å². The number of carbonyl (C=O) groups excluding carboxylic acids is 1. The first-order valence-electron chi connectivity index (χ1n) is 6.79. The number of hydrogen-bond donors (Lipinski definition) is 0. The van der Waals surface area contributed by atoms with Crippen molar-refractivity contribution in [2.24, 2.45) is 5.92 Å². The van der Waals surface area contributed by atoms with E-state index < -0.39 is 0 Å². The molecule has 0 saturated heterocycles. The molecule has 20 heavy (non-hydrogen) atoms. The smallest absolute Gasteiger partial charge is 0.164 e. The van der Waals surface area contributed by atoms with E-state index in [1.54, 1.807) is 6.26 Å². The summed E-state index contributed by atoms with van der Waals surface area (Å²) in [4.78, 5) is 12.3. The molecule has 0 spiro atoms. The van der Waals surface area contributed by atoms with Crippen molar-refractivity contribution in [3.63, 3.8) is 0 Å². The predicted octanol–water partition coefficient (Wildman–Crippen LogP) is 4.30. The fourth-order valence-electron chi connectivity index (χ4n) is 1.91. The summed E-state index contributed by atoms with van der Waals surface area (Å²) in [5.74, 6) is 7.22.